The average Bonchev–Trinajstić information content (AvgIpc) is 2.09. The Kier molecular flexibility index (Phi) is 3.75. The van der Waals surface area contributed by atoms with Crippen molar-refractivity contribution in [3.05, 3.63) is 28.0 Å². The summed E-state index contributed by atoms with van der Waals surface area (Å²) in [6.07, 6.45) is 2.85. The maximum Gasteiger partial charge on any atom is 0.229 e. The molecular formula is C9H6Cl2N2O. The van der Waals surface area contributed by atoms with E-state index >= 15 is 0 Å². The molecule has 14 heavy (non-hydrogen) atoms. The van der Waals surface area contributed by atoms with Gasteiger partial charge in [0.05, 0.1) is 22.0 Å². The highest BCUT2D eigenvalue weighted by atomic mass is 35.5. The molecular weight excluding hydrogens is 223 g/mol. The van der Waals surface area contributed by atoms with Gasteiger partial charge < -0.3 is 5.73 Å². The van der Waals surface area contributed by atoms with Crippen molar-refractivity contribution in [1.82, 2.24) is 4.98 Å². The minimum Gasteiger partial charge on any atom is -0.369 e. The maximum absolute atomic E-state index is 10.4. The lowest BCUT2D eigenvalue weighted by Crippen LogP contribution is -2.08. The monoisotopic (exact) mass is 228 g/mol. The summed E-state index contributed by atoms with van der Waals surface area (Å²) < 4.78 is 0. The topological polar surface area (TPSA) is 56.0 Å². The molecule has 1 rings (SSSR count). The summed E-state index contributed by atoms with van der Waals surface area (Å²) in [5.41, 5.74) is 5.38. The Morgan fingerprint density at radius 1 is 1.43 bits per heavy atom. The Balaban J connectivity index is 2.94. The summed E-state index contributed by atoms with van der Waals surface area (Å²) in [7, 11) is 0. The van der Waals surface area contributed by atoms with Crippen molar-refractivity contribution in [2.75, 3.05) is 0 Å². The molecule has 5 heteroatoms. The van der Waals surface area contributed by atoms with E-state index in [1.54, 1.807) is 0 Å². The lowest BCUT2D eigenvalue weighted by molar-refractivity contribution is -0.117. The first-order valence-electron chi connectivity index (χ1n) is 3.67. The number of primary amides is 1. The number of nitrogens with zero attached hydrogens (tertiary/aromatic N) is 1. The predicted octanol–water partition coefficient (Wildman–Crippen LogP) is 1.62. The van der Waals surface area contributed by atoms with E-state index in [1.165, 1.54) is 12.4 Å². The van der Waals surface area contributed by atoms with E-state index in [2.05, 4.69) is 16.8 Å². The van der Waals surface area contributed by atoms with Crippen LogP contribution < -0.4 is 5.73 Å². The standard InChI is InChI=1S/C9H6Cl2N2O/c10-7-4-13-5-8(11)6(7)2-1-3-9(12)14/h4-5H,3H2,(H2,12,14). The smallest absolute Gasteiger partial charge is 0.229 e. The lowest BCUT2D eigenvalue weighted by atomic mass is 10.2. The van der Waals surface area contributed by atoms with Gasteiger partial charge in [-0.1, -0.05) is 35.0 Å². The molecule has 0 aliphatic rings. The SMILES string of the molecule is NC(=O)CC#Cc1c(Cl)cncc1Cl. The Labute approximate surface area is 91.2 Å². The van der Waals surface area contributed by atoms with Gasteiger partial charge in [0, 0.05) is 12.4 Å². The zero-order valence-corrected chi connectivity index (χ0v) is 8.56. The van der Waals surface area contributed by atoms with Gasteiger partial charge in [-0.25, -0.2) is 0 Å². The zero-order valence-electron chi connectivity index (χ0n) is 7.05. The molecule has 1 aromatic rings. The third kappa shape index (κ3) is 2.91. The van der Waals surface area contributed by atoms with Crippen molar-refractivity contribution in [2.24, 2.45) is 5.73 Å². The highest BCUT2D eigenvalue weighted by Crippen LogP contribution is 2.21. The van der Waals surface area contributed by atoms with Crippen LogP contribution in [0.15, 0.2) is 12.4 Å². The van der Waals surface area contributed by atoms with Crippen LogP contribution in [0, 0.1) is 11.8 Å². The number of halogens is 2. The van der Waals surface area contributed by atoms with Gasteiger partial charge in [-0.15, -0.1) is 0 Å². The normalized spacial score (nSPS) is 9.00. The van der Waals surface area contributed by atoms with E-state index in [9.17, 15) is 4.79 Å². The Morgan fingerprint density at radius 2 is 2.00 bits per heavy atom. The molecule has 0 radical (unpaired) electrons. The van der Waals surface area contributed by atoms with E-state index in [1.807, 2.05) is 0 Å². The molecule has 0 aliphatic carbocycles. The quantitative estimate of drug-likeness (QED) is 0.743. The van der Waals surface area contributed by atoms with Gasteiger partial charge in [0.25, 0.3) is 0 Å². The highest BCUT2D eigenvalue weighted by molar-refractivity contribution is 6.36. The van der Waals surface area contributed by atoms with Crippen LogP contribution in [0.2, 0.25) is 10.0 Å². The summed E-state index contributed by atoms with van der Waals surface area (Å²) in [6.45, 7) is 0. The van der Waals surface area contributed by atoms with Crippen LogP contribution >= 0.6 is 23.2 Å². The van der Waals surface area contributed by atoms with Crippen LogP contribution in [0.1, 0.15) is 12.0 Å². The van der Waals surface area contributed by atoms with Gasteiger partial charge in [0.1, 0.15) is 0 Å². The van der Waals surface area contributed by atoms with Crippen molar-refractivity contribution in [3.63, 3.8) is 0 Å². The summed E-state index contributed by atoms with van der Waals surface area (Å²) in [5.74, 6) is 4.73. The molecule has 3 nitrogen and oxygen atoms in total. The second-order valence-corrected chi connectivity index (χ2v) is 3.24. The number of hydrogen-bond acceptors (Lipinski definition) is 2. The first-order valence-corrected chi connectivity index (χ1v) is 4.43. The zero-order chi connectivity index (χ0) is 10.6. The number of amides is 1. The molecule has 1 amide bonds. The van der Waals surface area contributed by atoms with Crippen molar-refractivity contribution < 1.29 is 4.79 Å². The second kappa shape index (κ2) is 4.85. The molecule has 1 aromatic heterocycles. The van der Waals surface area contributed by atoms with E-state index in [-0.39, 0.29) is 6.42 Å². The molecule has 0 aromatic carbocycles. The summed E-state index contributed by atoms with van der Waals surface area (Å²) >= 11 is 11.6. The molecule has 0 fully saturated rings. The van der Waals surface area contributed by atoms with Crippen LogP contribution in [0.4, 0.5) is 0 Å². The van der Waals surface area contributed by atoms with Crippen molar-refractivity contribution >= 4 is 29.1 Å². The number of nitrogens with two attached hydrogens (primary N) is 1. The average molecular weight is 229 g/mol. The fourth-order valence-corrected chi connectivity index (χ4v) is 1.21. The second-order valence-electron chi connectivity index (χ2n) is 2.42. The van der Waals surface area contributed by atoms with E-state index in [0.717, 1.165) is 0 Å². The molecule has 0 bridgehead atoms. The molecule has 1 heterocycles. The first-order chi connectivity index (χ1) is 6.61. The largest absolute Gasteiger partial charge is 0.369 e. The number of aromatic nitrogens is 1. The maximum atomic E-state index is 10.4. The van der Waals surface area contributed by atoms with Gasteiger partial charge in [-0.2, -0.15) is 0 Å². The summed E-state index contributed by atoms with van der Waals surface area (Å²) in [6, 6.07) is 0. The van der Waals surface area contributed by atoms with Crippen LogP contribution in [-0.2, 0) is 4.79 Å². The number of rotatable bonds is 1. The van der Waals surface area contributed by atoms with Crippen molar-refractivity contribution in [3.8, 4) is 11.8 Å². The van der Waals surface area contributed by atoms with Gasteiger partial charge in [-0.3, -0.25) is 9.78 Å². The fraction of sp³-hybridized carbons (Fsp3) is 0.111. The molecule has 0 unspecified atom stereocenters. The van der Waals surface area contributed by atoms with Gasteiger partial charge >= 0.3 is 0 Å². The van der Waals surface area contributed by atoms with Crippen LogP contribution in [0.5, 0.6) is 0 Å². The summed E-state index contributed by atoms with van der Waals surface area (Å²) in [5, 5.41) is 0.712. The highest BCUT2D eigenvalue weighted by Gasteiger charge is 2.01. The Hall–Kier alpha value is -1.24. The Bertz CT molecular complexity index is 400. The molecule has 0 spiro atoms. The number of carbonyl (C=O) groups excluding carboxylic acids is 1. The molecule has 0 aliphatic heterocycles. The predicted molar refractivity (Wildman–Crippen MR) is 54.9 cm³/mol. The van der Waals surface area contributed by atoms with Crippen LogP contribution in [-0.4, -0.2) is 10.9 Å². The molecule has 0 saturated carbocycles. The third-order valence-corrected chi connectivity index (χ3v) is 1.90. The van der Waals surface area contributed by atoms with Crippen LogP contribution in [0.3, 0.4) is 0 Å². The molecule has 0 atom stereocenters. The Morgan fingerprint density at radius 3 is 2.50 bits per heavy atom. The molecule has 72 valence electrons. The number of hydrogen-bond donors (Lipinski definition) is 1. The lowest BCUT2D eigenvalue weighted by Gasteiger charge is -1.96. The first kappa shape index (κ1) is 10.8. The third-order valence-electron chi connectivity index (χ3n) is 1.33. The van der Waals surface area contributed by atoms with Crippen molar-refractivity contribution in [1.29, 1.82) is 0 Å². The number of pyridine rings is 1. The van der Waals surface area contributed by atoms with Gasteiger partial charge in [-0.05, 0) is 0 Å². The van der Waals surface area contributed by atoms with Gasteiger partial charge in [0.2, 0.25) is 5.91 Å². The molecule has 2 N–H and O–H groups in total. The van der Waals surface area contributed by atoms with Crippen LogP contribution in [0.25, 0.3) is 0 Å². The number of carbonyl (C=O) groups is 1. The minimum atomic E-state index is -0.487. The molecule has 0 saturated heterocycles. The van der Waals surface area contributed by atoms with E-state index in [0.29, 0.717) is 15.6 Å². The van der Waals surface area contributed by atoms with Crippen molar-refractivity contribution in [2.45, 2.75) is 6.42 Å². The fourth-order valence-electron chi connectivity index (χ4n) is 0.750. The minimum absolute atomic E-state index is 0.0189. The van der Waals surface area contributed by atoms with E-state index in [4.69, 9.17) is 28.9 Å². The van der Waals surface area contributed by atoms with Gasteiger partial charge in [0.15, 0.2) is 0 Å². The van der Waals surface area contributed by atoms with E-state index < -0.39 is 5.91 Å². The summed E-state index contributed by atoms with van der Waals surface area (Å²) in [4.78, 5) is 14.2.